The van der Waals surface area contributed by atoms with E-state index in [2.05, 4.69) is 6.58 Å². The summed E-state index contributed by atoms with van der Waals surface area (Å²) in [5.41, 5.74) is 0.0132. The lowest BCUT2D eigenvalue weighted by atomic mass is 9.67. The molecule has 2 aliphatic rings. The predicted molar refractivity (Wildman–Crippen MR) is 87.9 cm³/mol. The van der Waals surface area contributed by atoms with Crippen LogP contribution in [0.1, 0.15) is 59.3 Å². The normalized spacial score (nSPS) is 22.6. The summed E-state index contributed by atoms with van der Waals surface area (Å²) in [5.74, 6) is 0. The van der Waals surface area contributed by atoms with Crippen molar-refractivity contribution in [3.63, 3.8) is 0 Å². The maximum absolute atomic E-state index is 12.1. The summed E-state index contributed by atoms with van der Waals surface area (Å²) in [6.45, 7) is 11.8. The van der Waals surface area contributed by atoms with Crippen LogP contribution in [0.5, 0.6) is 0 Å². The Morgan fingerprint density at radius 2 is 1.82 bits per heavy atom. The van der Waals surface area contributed by atoms with Crippen LogP contribution in [-0.2, 0) is 9.47 Å². The molecule has 0 radical (unpaired) electrons. The summed E-state index contributed by atoms with van der Waals surface area (Å²) in [7, 11) is 0. The monoisotopic (exact) mass is 309 g/mol. The average Bonchev–Trinajstić information content (AvgIpc) is 2.46. The predicted octanol–water partition coefficient (Wildman–Crippen LogP) is 4.15. The summed E-state index contributed by atoms with van der Waals surface area (Å²) in [5, 5.41) is 0. The van der Waals surface area contributed by atoms with Crippen molar-refractivity contribution in [2.75, 3.05) is 19.7 Å². The molecule has 2 fully saturated rings. The standard InChI is InChI=1S/C18H31NO3/c1-5-14-21-15-6-8-18(9-7-15)10-12-19(13-11-18)16(20)22-17(2,3)4/h5,15H,1,6-14H2,2-4H3. The minimum atomic E-state index is -0.410. The molecule has 4 nitrogen and oxygen atoms in total. The Morgan fingerprint density at radius 3 is 2.32 bits per heavy atom. The first-order valence-corrected chi connectivity index (χ1v) is 8.54. The van der Waals surface area contributed by atoms with Gasteiger partial charge in [0, 0.05) is 13.1 Å². The molecule has 0 atom stereocenters. The lowest BCUT2D eigenvalue weighted by molar-refractivity contribution is -0.0230. The van der Waals surface area contributed by atoms with Gasteiger partial charge in [-0.15, -0.1) is 6.58 Å². The summed E-state index contributed by atoms with van der Waals surface area (Å²) in [6.07, 6.45) is 8.97. The summed E-state index contributed by atoms with van der Waals surface area (Å²) < 4.78 is 11.2. The lowest BCUT2D eigenvalue weighted by Gasteiger charge is -2.45. The Morgan fingerprint density at radius 1 is 1.23 bits per heavy atom. The van der Waals surface area contributed by atoms with E-state index in [4.69, 9.17) is 9.47 Å². The number of hydrogen-bond acceptors (Lipinski definition) is 3. The third kappa shape index (κ3) is 4.73. The molecular weight excluding hydrogens is 278 g/mol. The summed E-state index contributed by atoms with van der Waals surface area (Å²) in [4.78, 5) is 14.0. The minimum Gasteiger partial charge on any atom is -0.444 e. The van der Waals surface area contributed by atoms with Crippen molar-refractivity contribution in [2.24, 2.45) is 5.41 Å². The van der Waals surface area contributed by atoms with E-state index in [0.29, 0.717) is 18.1 Å². The number of nitrogens with zero attached hydrogens (tertiary/aromatic N) is 1. The highest BCUT2D eigenvalue weighted by molar-refractivity contribution is 5.68. The fraction of sp³-hybridized carbons (Fsp3) is 0.833. The van der Waals surface area contributed by atoms with E-state index >= 15 is 0 Å². The molecule has 4 heteroatoms. The lowest BCUT2D eigenvalue weighted by Crippen LogP contribution is -2.46. The maximum atomic E-state index is 12.1. The van der Waals surface area contributed by atoms with Crippen molar-refractivity contribution in [3.05, 3.63) is 12.7 Å². The van der Waals surface area contributed by atoms with Gasteiger partial charge >= 0.3 is 6.09 Å². The first-order chi connectivity index (χ1) is 10.3. The first kappa shape index (κ1) is 17.3. The smallest absolute Gasteiger partial charge is 0.410 e. The zero-order valence-electron chi connectivity index (χ0n) is 14.4. The molecule has 0 aromatic carbocycles. The van der Waals surface area contributed by atoms with Crippen molar-refractivity contribution in [2.45, 2.75) is 71.0 Å². The van der Waals surface area contributed by atoms with Gasteiger partial charge < -0.3 is 14.4 Å². The Kier molecular flexibility index (Phi) is 5.54. The maximum Gasteiger partial charge on any atom is 0.410 e. The van der Waals surface area contributed by atoms with Gasteiger partial charge in [0.15, 0.2) is 0 Å². The third-order valence-electron chi connectivity index (χ3n) is 4.92. The van der Waals surface area contributed by atoms with Crippen LogP contribution in [0.25, 0.3) is 0 Å². The Balaban J connectivity index is 1.78. The van der Waals surface area contributed by atoms with Crippen LogP contribution in [0.3, 0.4) is 0 Å². The minimum absolute atomic E-state index is 0.162. The van der Waals surface area contributed by atoms with Crippen LogP contribution >= 0.6 is 0 Å². The van der Waals surface area contributed by atoms with Crippen LogP contribution in [0, 0.1) is 5.41 Å². The quantitative estimate of drug-likeness (QED) is 0.735. The van der Waals surface area contributed by atoms with E-state index in [1.54, 1.807) is 0 Å². The van der Waals surface area contributed by atoms with Gasteiger partial charge in [-0.25, -0.2) is 4.79 Å². The molecule has 1 aliphatic carbocycles. The van der Waals surface area contributed by atoms with Crippen molar-refractivity contribution in [1.29, 1.82) is 0 Å². The number of amides is 1. The van der Waals surface area contributed by atoms with Crippen LogP contribution in [0.4, 0.5) is 4.79 Å². The van der Waals surface area contributed by atoms with Gasteiger partial charge in [0.25, 0.3) is 0 Å². The van der Waals surface area contributed by atoms with Gasteiger partial charge in [-0.05, 0) is 64.7 Å². The van der Waals surface area contributed by atoms with Crippen LogP contribution in [-0.4, -0.2) is 42.4 Å². The van der Waals surface area contributed by atoms with E-state index in [1.807, 2.05) is 31.7 Å². The molecule has 1 saturated heterocycles. The zero-order chi connectivity index (χ0) is 16.2. The molecule has 0 aromatic heterocycles. The molecule has 0 bridgehead atoms. The van der Waals surface area contributed by atoms with Gasteiger partial charge in [-0.1, -0.05) is 6.08 Å². The largest absolute Gasteiger partial charge is 0.444 e. The summed E-state index contributed by atoms with van der Waals surface area (Å²) >= 11 is 0. The third-order valence-corrected chi connectivity index (χ3v) is 4.92. The van der Waals surface area contributed by atoms with Crippen LogP contribution in [0.2, 0.25) is 0 Å². The molecule has 0 N–H and O–H groups in total. The van der Waals surface area contributed by atoms with Gasteiger partial charge in [-0.3, -0.25) is 0 Å². The number of piperidine rings is 1. The number of ether oxygens (including phenoxy) is 2. The fourth-order valence-corrected chi connectivity index (χ4v) is 3.56. The molecule has 1 aliphatic heterocycles. The molecule has 1 spiro atoms. The van der Waals surface area contributed by atoms with E-state index in [-0.39, 0.29) is 6.09 Å². The van der Waals surface area contributed by atoms with E-state index in [1.165, 1.54) is 12.8 Å². The van der Waals surface area contributed by atoms with Gasteiger partial charge in [0.05, 0.1) is 12.7 Å². The van der Waals surface area contributed by atoms with Gasteiger partial charge in [-0.2, -0.15) is 0 Å². The number of carbonyl (C=O) groups excluding carboxylic acids is 1. The summed E-state index contributed by atoms with van der Waals surface area (Å²) in [6, 6.07) is 0. The Labute approximate surface area is 134 Å². The van der Waals surface area contributed by atoms with Crippen molar-refractivity contribution in [3.8, 4) is 0 Å². The number of hydrogen-bond donors (Lipinski definition) is 0. The average molecular weight is 309 g/mol. The highest BCUT2D eigenvalue weighted by atomic mass is 16.6. The molecule has 1 saturated carbocycles. The Bertz CT molecular complexity index is 382. The molecular formula is C18H31NO3. The molecule has 2 rings (SSSR count). The number of rotatable bonds is 3. The van der Waals surface area contributed by atoms with E-state index in [0.717, 1.165) is 38.8 Å². The second-order valence-electron chi connectivity index (χ2n) is 7.79. The highest BCUT2D eigenvalue weighted by Gasteiger charge is 2.39. The van der Waals surface area contributed by atoms with Gasteiger partial charge in [0.1, 0.15) is 5.60 Å². The molecule has 0 aromatic rings. The number of likely N-dealkylation sites (tertiary alicyclic amines) is 1. The Hall–Kier alpha value is -1.03. The van der Waals surface area contributed by atoms with E-state index < -0.39 is 5.60 Å². The van der Waals surface area contributed by atoms with Crippen LogP contribution in [0.15, 0.2) is 12.7 Å². The second kappa shape index (κ2) is 7.03. The topological polar surface area (TPSA) is 38.8 Å². The molecule has 1 amide bonds. The molecule has 22 heavy (non-hydrogen) atoms. The molecule has 0 unspecified atom stereocenters. The fourth-order valence-electron chi connectivity index (χ4n) is 3.56. The first-order valence-electron chi connectivity index (χ1n) is 8.54. The zero-order valence-corrected chi connectivity index (χ0v) is 14.4. The molecule has 126 valence electrons. The van der Waals surface area contributed by atoms with Crippen LogP contribution < -0.4 is 0 Å². The van der Waals surface area contributed by atoms with E-state index in [9.17, 15) is 4.79 Å². The number of carbonyl (C=O) groups is 1. The SMILES string of the molecule is C=CCOC1CCC2(CC1)CCN(C(=O)OC(C)(C)C)CC2. The van der Waals surface area contributed by atoms with Crippen molar-refractivity contribution < 1.29 is 14.3 Å². The highest BCUT2D eigenvalue weighted by Crippen LogP contribution is 2.45. The van der Waals surface area contributed by atoms with Gasteiger partial charge in [0.2, 0.25) is 0 Å². The second-order valence-corrected chi connectivity index (χ2v) is 7.79. The molecule has 1 heterocycles. The van der Waals surface area contributed by atoms with Crippen molar-refractivity contribution >= 4 is 6.09 Å². The van der Waals surface area contributed by atoms with Crippen molar-refractivity contribution in [1.82, 2.24) is 4.90 Å².